The molecule has 0 saturated carbocycles. The predicted molar refractivity (Wildman–Crippen MR) is 110 cm³/mol. The van der Waals surface area contributed by atoms with Gasteiger partial charge >= 0.3 is 0 Å². The SMILES string of the molecule is Cc1ccnn1-c1cc(C(N)=O)nc(-c2ccc(F)c(C#CC3CCN(C)C3=O)c2)n1. The second-order valence-corrected chi connectivity index (χ2v) is 7.25. The highest BCUT2D eigenvalue weighted by Crippen LogP contribution is 2.22. The smallest absolute Gasteiger partial charge is 0.267 e. The van der Waals surface area contributed by atoms with Crippen molar-refractivity contribution < 1.29 is 14.0 Å². The number of aryl methyl sites for hydroxylation is 1. The van der Waals surface area contributed by atoms with Gasteiger partial charge in [-0.25, -0.2) is 19.0 Å². The number of nitrogens with two attached hydrogens (primary N) is 1. The Hall–Kier alpha value is -4.06. The Morgan fingerprint density at radius 2 is 2.06 bits per heavy atom. The number of amides is 2. The minimum Gasteiger partial charge on any atom is -0.364 e. The average molecular weight is 418 g/mol. The number of aromatic nitrogens is 4. The average Bonchev–Trinajstić information content (AvgIpc) is 3.32. The fourth-order valence-corrected chi connectivity index (χ4v) is 3.29. The maximum atomic E-state index is 14.4. The first kappa shape index (κ1) is 20.2. The third-order valence-electron chi connectivity index (χ3n) is 5.05. The molecule has 156 valence electrons. The minimum absolute atomic E-state index is 0.00597. The molecule has 1 atom stereocenters. The van der Waals surface area contributed by atoms with Gasteiger partial charge in [0.25, 0.3) is 5.91 Å². The molecule has 0 spiro atoms. The van der Waals surface area contributed by atoms with Crippen LogP contribution in [0.15, 0.2) is 36.5 Å². The fraction of sp³-hybridized carbons (Fsp3) is 0.227. The van der Waals surface area contributed by atoms with E-state index >= 15 is 0 Å². The second kappa shape index (κ2) is 7.99. The molecular weight excluding hydrogens is 399 g/mol. The number of primary amides is 1. The van der Waals surface area contributed by atoms with Gasteiger partial charge in [-0.05, 0) is 37.6 Å². The van der Waals surface area contributed by atoms with Crippen LogP contribution < -0.4 is 5.73 Å². The zero-order chi connectivity index (χ0) is 22.1. The van der Waals surface area contributed by atoms with Crippen LogP contribution >= 0.6 is 0 Å². The number of rotatable bonds is 3. The maximum absolute atomic E-state index is 14.4. The summed E-state index contributed by atoms with van der Waals surface area (Å²) in [5.74, 6) is 4.40. The second-order valence-electron chi connectivity index (χ2n) is 7.25. The molecule has 1 saturated heterocycles. The third-order valence-corrected chi connectivity index (χ3v) is 5.05. The number of nitrogens with zero attached hydrogens (tertiary/aromatic N) is 5. The molecule has 1 aliphatic rings. The summed E-state index contributed by atoms with van der Waals surface area (Å²) in [6.07, 6.45) is 2.22. The van der Waals surface area contributed by atoms with E-state index in [0.29, 0.717) is 24.3 Å². The molecule has 1 aliphatic heterocycles. The Morgan fingerprint density at radius 3 is 2.71 bits per heavy atom. The molecule has 0 radical (unpaired) electrons. The lowest BCUT2D eigenvalue weighted by molar-refractivity contribution is -0.128. The Bertz CT molecular complexity index is 1260. The summed E-state index contributed by atoms with van der Waals surface area (Å²) in [5, 5.41) is 4.20. The van der Waals surface area contributed by atoms with Gasteiger partial charge in [0.05, 0.1) is 5.56 Å². The molecule has 3 heterocycles. The van der Waals surface area contributed by atoms with E-state index in [1.54, 1.807) is 28.9 Å². The largest absolute Gasteiger partial charge is 0.364 e. The van der Waals surface area contributed by atoms with Crippen LogP contribution in [0, 0.1) is 30.5 Å². The van der Waals surface area contributed by atoms with E-state index in [-0.39, 0.29) is 23.0 Å². The molecule has 9 heteroatoms. The molecule has 2 N–H and O–H groups in total. The first-order valence-electron chi connectivity index (χ1n) is 9.60. The van der Waals surface area contributed by atoms with Crippen molar-refractivity contribution >= 4 is 11.8 Å². The summed E-state index contributed by atoms with van der Waals surface area (Å²) in [4.78, 5) is 34.1. The van der Waals surface area contributed by atoms with Crippen molar-refractivity contribution in [3.8, 4) is 29.0 Å². The number of carbonyl (C=O) groups excluding carboxylic acids is 2. The Morgan fingerprint density at radius 1 is 1.26 bits per heavy atom. The van der Waals surface area contributed by atoms with E-state index in [2.05, 4.69) is 26.9 Å². The highest BCUT2D eigenvalue weighted by atomic mass is 19.1. The molecule has 1 aromatic carbocycles. The number of hydrogen-bond acceptors (Lipinski definition) is 5. The van der Waals surface area contributed by atoms with Crippen molar-refractivity contribution in [1.82, 2.24) is 24.6 Å². The van der Waals surface area contributed by atoms with Crippen LogP contribution in [0.3, 0.4) is 0 Å². The molecule has 0 aliphatic carbocycles. The first-order chi connectivity index (χ1) is 14.8. The van der Waals surface area contributed by atoms with Crippen molar-refractivity contribution in [3.63, 3.8) is 0 Å². The lowest BCUT2D eigenvalue weighted by Gasteiger charge is -2.09. The molecule has 0 bridgehead atoms. The van der Waals surface area contributed by atoms with Gasteiger partial charge in [0.2, 0.25) is 5.91 Å². The van der Waals surface area contributed by atoms with Crippen molar-refractivity contribution in [2.24, 2.45) is 11.7 Å². The monoisotopic (exact) mass is 418 g/mol. The minimum atomic E-state index is -0.722. The number of carbonyl (C=O) groups is 2. The van der Waals surface area contributed by atoms with Crippen LogP contribution in [-0.2, 0) is 4.79 Å². The zero-order valence-electron chi connectivity index (χ0n) is 17.0. The van der Waals surface area contributed by atoms with Crippen LogP contribution in [-0.4, -0.2) is 50.1 Å². The van der Waals surface area contributed by atoms with Gasteiger partial charge < -0.3 is 10.6 Å². The highest BCUT2D eigenvalue weighted by molar-refractivity contribution is 5.91. The number of halogens is 1. The predicted octanol–water partition coefficient (Wildman–Crippen LogP) is 1.71. The van der Waals surface area contributed by atoms with Crippen molar-refractivity contribution in [2.75, 3.05) is 13.6 Å². The summed E-state index contributed by atoms with van der Waals surface area (Å²) >= 11 is 0. The van der Waals surface area contributed by atoms with Gasteiger partial charge in [-0.3, -0.25) is 9.59 Å². The van der Waals surface area contributed by atoms with Gasteiger partial charge in [0.1, 0.15) is 17.4 Å². The maximum Gasteiger partial charge on any atom is 0.267 e. The lowest BCUT2D eigenvalue weighted by atomic mass is 10.1. The van der Waals surface area contributed by atoms with Gasteiger partial charge in [-0.2, -0.15) is 5.10 Å². The quantitative estimate of drug-likeness (QED) is 0.652. The van der Waals surface area contributed by atoms with Gasteiger partial charge in [0.15, 0.2) is 11.6 Å². The van der Waals surface area contributed by atoms with Crippen LogP contribution in [0.4, 0.5) is 4.39 Å². The van der Waals surface area contributed by atoms with E-state index in [1.807, 2.05) is 6.92 Å². The summed E-state index contributed by atoms with van der Waals surface area (Å²) < 4.78 is 15.9. The Kier molecular flexibility index (Phi) is 5.21. The molecule has 2 aromatic heterocycles. The van der Waals surface area contributed by atoms with Crippen molar-refractivity contribution in [3.05, 3.63) is 59.3 Å². The van der Waals surface area contributed by atoms with Crippen LogP contribution in [0.1, 0.15) is 28.2 Å². The van der Waals surface area contributed by atoms with Gasteiger partial charge in [-0.15, -0.1) is 0 Å². The number of likely N-dealkylation sites (tertiary alicyclic amines) is 1. The molecule has 2 amide bonds. The summed E-state index contributed by atoms with van der Waals surface area (Å²) in [5.41, 5.74) is 6.82. The van der Waals surface area contributed by atoms with E-state index in [1.165, 1.54) is 24.3 Å². The zero-order valence-corrected chi connectivity index (χ0v) is 17.0. The van der Waals surface area contributed by atoms with Crippen molar-refractivity contribution in [2.45, 2.75) is 13.3 Å². The van der Waals surface area contributed by atoms with Crippen LogP contribution in [0.2, 0.25) is 0 Å². The topological polar surface area (TPSA) is 107 Å². The third kappa shape index (κ3) is 4.00. The highest BCUT2D eigenvalue weighted by Gasteiger charge is 2.27. The molecular formula is C22H19FN6O2. The summed E-state index contributed by atoms with van der Waals surface area (Å²) in [6.45, 7) is 2.47. The standard InChI is InChI=1S/C22H19FN6O2/c1-13-7-9-25-29(13)19-12-18(20(24)30)26-21(27-19)16-5-6-17(23)15(11-16)4-3-14-8-10-28(2)22(14)31/h5-7,9,11-12,14H,8,10H2,1-2H3,(H2,24,30). The van der Waals surface area contributed by atoms with E-state index in [9.17, 15) is 14.0 Å². The lowest BCUT2D eigenvalue weighted by Crippen LogP contribution is -2.21. The molecule has 1 unspecified atom stereocenters. The molecule has 3 aromatic rings. The van der Waals surface area contributed by atoms with E-state index in [0.717, 1.165) is 5.69 Å². The van der Waals surface area contributed by atoms with Crippen LogP contribution in [0.5, 0.6) is 0 Å². The molecule has 1 fully saturated rings. The van der Waals surface area contributed by atoms with E-state index < -0.39 is 17.6 Å². The van der Waals surface area contributed by atoms with E-state index in [4.69, 9.17) is 5.73 Å². The number of hydrogen-bond donors (Lipinski definition) is 1. The molecule has 8 nitrogen and oxygen atoms in total. The normalized spacial score (nSPS) is 15.6. The molecule has 4 rings (SSSR count). The first-order valence-corrected chi connectivity index (χ1v) is 9.60. The van der Waals surface area contributed by atoms with Crippen molar-refractivity contribution in [1.29, 1.82) is 0 Å². The summed E-state index contributed by atoms with van der Waals surface area (Å²) in [7, 11) is 1.72. The van der Waals surface area contributed by atoms with Crippen LogP contribution in [0.25, 0.3) is 17.2 Å². The van der Waals surface area contributed by atoms with Gasteiger partial charge in [0, 0.05) is 37.1 Å². The Balaban J connectivity index is 1.76. The Labute approximate surface area is 177 Å². The molecule has 31 heavy (non-hydrogen) atoms. The number of benzene rings is 1. The fourth-order valence-electron chi connectivity index (χ4n) is 3.29. The van der Waals surface area contributed by atoms with Gasteiger partial charge in [-0.1, -0.05) is 11.8 Å². The summed E-state index contributed by atoms with van der Waals surface area (Å²) in [6, 6.07) is 7.47.